The van der Waals surface area contributed by atoms with Crippen LogP contribution < -0.4 is 15.5 Å². The van der Waals surface area contributed by atoms with E-state index in [4.69, 9.17) is 0 Å². The average molecular weight is 462 g/mol. The third-order valence-corrected chi connectivity index (χ3v) is 5.58. The Morgan fingerprint density at radius 1 is 1.35 bits per heavy atom. The quantitative estimate of drug-likeness (QED) is 0.376. The van der Waals surface area contributed by atoms with E-state index in [9.17, 15) is 9.18 Å². The monoisotopic (exact) mass is 461 g/mol. The van der Waals surface area contributed by atoms with E-state index >= 15 is 0 Å². The van der Waals surface area contributed by atoms with E-state index < -0.39 is 0 Å². The highest BCUT2D eigenvalue weighted by Gasteiger charge is 2.20. The molecule has 0 spiro atoms. The molecule has 1 unspecified atom stereocenters. The van der Waals surface area contributed by atoms with Crippen molar-refractivity contribution in [3.05, 3.63) is 70.7 Å². The van der Waals surface area contributed by atoms with Crippen LogP contribution >= 0.6 is 0 Å². The largest absolute Gasteiger partial charge is 0.353 e. The van der Waals surface area contributed by atoms with Gasteiger partial charge in [-0.25, -0.2) is 9.37 Å². The van der Waals surface area contributed by atoms with Gasteiger partial charge >= 0.3 is 0 Å². The predicted octanol–water partition coefficient (Wildman–Crippen LogP) is 3.58. The third kappa shape index (κ3) is 7.26. The van der Waals surface area contributed by atoms with Crippen molar-refractivity contribution in [2.24, 2.45) is 4.99 Å². The van der Waals surface area contributed by atoms with E-state index in [-0.39, 0.29) is 11.7 Å². The summed E-state index contributed by atoms with van der Waals surface area (Å²) in [6, 6.07) is 8.17. The number of anilines is 1. The molecule has 2 N–H and O–H groups in total. The lowest BCUT2D eigenvalue weighted by molar-refractivity contribution is 0.0953. The predicted molar refractivity (Wildman–Crippen MR) is 136 cm³/mol. The van der Waals surface area contributed by atoms with Crippen LogP contribution in [-0.2, 0) is 0 Å². The van der Waals surface area contributed by atoms with Gasteiger partial charge in [-0.1, -0.05) is 17.9 Å². The Morgan fingerprint density at radius 3 is 2.85 bits per heavy atom. The Balaban J connectivity index is 1.77. The average Bonchev–Trinajstić information content (AvgIpc) is 2.85. The molecule has 0 radical (unpaired) electrons. The number of piperazine rings is 1. The van der Waals surface area contributed by atoms with Gasteiger partial charge in [-0.2, -0.15) is 0 Å². The molecule has 1 amide bonds. The van der Waals surface area contributed by atoms with Gasteiger partial charge in [0.2, 0.25) is 0 Å². The molecule has 1 aromatic carbocycles. The molecule has 1 aliphatic heterocycles. The third-order valence-electron chi connectivity index (χ3n) is 5.58. The van der Waals surface area contributed by atoms with Crippen LogP contribution in [0.1, 0.15) is 48.2 Å². The minimum atomic E-state index is -0.301. The minimum Gasteiger partial charge on any atom is -0.353 e. The van der Waals surface area contributed by atoms with Crippen molar-refractivity contribution in [2.75, 3.05) is 38.1 Å². The lowest BCUT2D eigenvalue weighted by Crippen LogP contribution is -2.49. The summed E-state index contributed by atoms with van der Waals surface area (Å²) in [4.78, 5) is 23.6. The Bertz CT molecular complexity index is 1100. The van der Waals surface area contributed by atoms with E-state index in [0.29, 0.717) is 29.3 Å². The smallest absolute Gasteiger partial charge is 0.252 e. The second kappa shape index (κ2) is 12.7. The molecule has 1 saturated heterocycles. The molecule has 1 aromatic heterocycles. The van der Waals surface area contributed by atoms with Gasteiger partial charge in [-0.3, -0.25) is 9.79 Å². The van der Waals surface area contributed by atoms with Crippen molar-refractivity contribution in [1.29, 1.82) is 0 Å². The molecule has 7 heteroatoms. The summed E-state index contributed by atoms with van der Waals surface area (Å²) in [6.07, 6.45) is 7.15. The Labute approximate surface area is 201 Å². The molecule has 1 fully saturated rings. The van der Waals surface area contributed by atoms with E-state index in [1.807, 2.05) is 19.2 Å². The first-order valence-electron chi connectivity index (χ1n) is 11.6. The van der Waals surface area contributed by atoms with E-state index in [0.717, 1.165) is 43.9 Å². The number of pyridine rings is 1. The van der Waals surface area contributed by atoms with Crippen LogP contribution in [0.25, 0.3) is 0 Å². The first-order valence-corrected chi connectivity index (χ1v) is 11.6. The molecule has 2 heterocycles. The Hall–Kier alpha value is -3.50. The van der Waals surface area contributed by atoms with Gasteiger partial charge < -0.3 is 15.5 Å². The van der Waals surface area contributed by atoms with Crippen molar-refractivity contribution in [1.82, 2.24) is 15.6 Å². The van der Waals surface area contributed by atoms with Crippen molar-refractivity contribution >= 4 is 17.9 Å². The standard InChI is InChI=1S/C27H32FN5O/c1-4-21(17-29-3)6-5-13-31-27(34)24-16-23(10-7-22-8-11-25(28)12-9-22)26(32-18-24)33-15-14-30-20(2)19-33/h4,8-9,11-12,16-18,20,30H,5-6,13-15,19H2,1-3H3,(H,31,34)/b21-4-,29-17-. The molecule has 0 aliphatic carbocycles. The highest BCUT2D eigenvalue weighted by atomic mass is 19.1. The number of halogens is 1. The second-order valence-electron chi connectivity index (χ2n) is 8.26. The van der Waals surface area contributed by atoms with Crippen LogP contribution in [0.2, 0.25) is 0 Å². The number of carbonyl (C=O) groups is 1. The number of nitrogens with zero attached hydrogens (tertiary/aromatic N) is 3. The molecular weight excluding hydrogens is 429 g/mol. The number of amides is 1. The maximum Gasteiger partial charge on any atom is 0.252 e. The van der Waals surface area contributed by atoms with E-state index in [2.05, 4.69) is 44.3 Å². The zero-order valence-corrected chi connectivity index (χ0v) is 20.1. The molecule has 178 valence electrons. The fourth-order valence-corrected chi connectivity index (χ4v) is 3.77. The summed E-state index contributed by atoms with van der Waals surface area (Å²) < 4.78 is 13.2. The Kier molecular flexibility index (Phi) is 9.36. The lowest BCUT2D eigenvalue weighted by Gasteiger charge is -2.33. The highest BCUT2D eigenvalue weighted by molar-refractivity contribution is 5.94. The number of aliphatic imine (C=N–C) groups is 1. The summed E-state index contributed by atoms with van der Waals surface area (Å²) in [5.74, 6) is 6.52. The summed E-state index contributed by atoms with van der Waals surface area (Å²) >= 11 is 0. The van der Waals surface area contributed by atoms with Gasteiger partial charge in [0.15, 0.2) is 0 Å². The summed E-state index contributed by atoms with van der Waals surface area (Å²) in [5, 5.41) is 6.40. The van der Waals surface area contributed by atoms with Crippen LogP contribution in [0.4, 0.5) is 10.2 Å². The van der Waals surface area contributed by atoms with Crippen molar-refractivity contribution in [3.8, 4) is 11.8 Å². The first kappa shape index (κ1) is 25.1. The fraction of sp³-hybridized carbons (Fsp3) is 0.370. The number of hydrogen-bond acceptors (Lipinski definition) is 5. The number of benzene rings is 1. The van der Waals surface area contributed by atoms with E-state index in [1.165, 1.54) is 12.1 Å². The number of nitrogens with one attached hydrogen (secondary N) is 2. The van der Waals surface area contributed by atoms with Gasteiger partial charge in [0.05, 0.1) is 11.1 Å². The molecule has 0 bridgehead atoms. The number of aromatic nitrogens is 1. The number of hydrogen-bond donors (Lipinski definition) is 2. The summed E-state index contributed by atoms with van der Waals surface area (Å²) in [7, 11) is 1.75. The highest BCUT2D eigenvalue weighted by Crippen LogP contribution is 2.20. The van der Waals surface area contributed by atoms with Gasteiger partial charge in [0.1, 0.15) is 11.6 Å². The molecule has 1 aliphatic rings. The molecule has 6 nitrogen and oxygen atoms in total. The molecule has 2 aromatic rings. The van der Waals surface area contributed by atoms with Crippen LogP contribution in [-0.4, -0.2) is 56.4 Å². The fourth-order valence-electron chi connectivity index (χ4n) is 3.77. The molecule has 3 rings (SSSR count). The number of carbonyl (C=O) groups excluding carboxylic acids is 1. The van der Waals surface area contributed by atoms with Crippen molar-refractivity contribution in [2.45, 2.75) is 32.7 Å². The Morgan fingerprint density at radius 2 is 2.15 bits per heavy atom. The van der Waals surface area contributed by atoms with Gasteiger partial charge in [0, 0.05) is 57.2 Å². The zero-order chi connectivity index (χ0) is 24.3. The van der Waals surface area contributed by atoms with Crippen LogP contribution in [0.5, 0.6) is 0 Å². The normalized spacial score (nSPS) is 16.3. The van der Waals surface area contributed by atoms with Crippen molar-refractivity contribution in [3.63, 3.8) is 0 Å². The number of allylic oxidation sites excluding steroid dienone is 2. The molecule has 0 saturated carbocycles. The van der Waals surface area contributed by atoms with Gasteiger partial charge in [-0.05, 0) is 62.6 Å². The number of rotatable bonds is 7. The zero-order valence-electron chi connectivity index (χ0n) is 20.1. The van der Waals surface area contributed by atoms with Gasteiger partial charge in [-0.15, -0.1) is 0 Å². The topological polar surface area (TPSA) is 69.6 Å². The van der Waals surface area contributed by atoms with Crippen LogP contribution in [0.15, 0.2) is 53.2 Å². The molecular formula is C27H32FN5O. The van der Waals surface area contributed by atoms with Crippen LogP contribution in [0, 0.1) is 17.7 Å². The maximum atomic E-state index is 13.2. The second-order valence-corrected chi connectivity index (χ2v) is 8.26. The minimum absolute atomic E-state index is 0.177. The van der Waals surface area contributed by atoms with Crippen molar-refractivity contribution < 1.29 is 9.18 Å². The van der Waals surface area contributed by atoms with Crippen LogP contribution in [0.3, 0.4) is 0 Å². The van der Waals surface area contributed by atoms with Gasteiger partial charge in [0.25, 0.3) is 5.91 Å². The molecule has 34 heavy (non-hydrogen) atoms. The summed E-state index contributed by atoms with van der Waals surface area (Å²) in [5.41, 5.74) is 3.00. The van der Waals surface area contributed by atoms with E-state index in [1.54, 1.807) is 31.4 Å². The summed E-state index contributed by atoms with van der Waals surface area (Å²) in [6.45, 7) is 7.13. The SMILES string of the molecule is C/C=C(\C=N/C)CCCNC(=O)c1cnc(N2CCNC(C)C2)c(C#Cc2ccc(F)cc2)c1. The lowest BCUT2D eigenvalue weighted by atomic mass is 10.1. The molecule has 1 atom stereocenters. The first-order chi connectivity index (χ1) is 16.5. The maximum absolute atomic E-state index is 13.2.